The third kappa shape index (κ3) is 3.07. The molecule has 11 heteroatoms. The molecule has 1 amide bonds. The van der Waals surface area contributed by atoms with Gasteiger partial charge in [-0.3, -0.25) is 9.89 Å². The molecule has 0 radical (unpaired) electrons. The zero-order chi connectivity index (χ0) is 22.8. The lowest BCUT2D eigenvalue weighted by Crippen LogP contribution is -2.45. The van der Waals surface area contributed by atoms with Gasteiger partial charge in [0.05, 0.1) is 37.4 Å². The van der Waals surface area contributed by atoms with E-state index in [9.17, 15) is 4.79 Å². The highest BCUT2D eigenvalue weighted by molar-refractivity contribution is 7.19. The second-order valence-corrected chi connectivity index (χ2v) is 10.2. The summed E-state index contributed by atoms with van der Waals surface area (Å²) >= 11 is 1.67. The molecule has 2 N–H and O–H groups in total. The van der Waals surface area contributed by atoms with E-state index in [0.29, 0.717) is 23.8 Å². The number of aromatic amines is 1. The number of hydrogen-bond donors (Lipinski definition) is 2. The Morgan fingerprint density at radius 2 is 2.32 bits per heavy atom. The molecule has 34 heavy (non-hydrogen) atoms. The van der Waals surface area contributed by atoms with Crippen LogP contribution in [-0.4, -0.2) is 68.4 Å². The van der Waals surface area contributed by atoms with E-state index in [0.717, 1.165) is 53.6 Å². The van der Waals surface area contributed by atoms with Crippen LogP contribution in [0.1, 0.15) is 23.3 Å². The number of aromatic nitrogens is 5. The van der Waals surface area contributed by atoms with Crippen LogP contribution in [0, 0.1) is 5.92 Å². The number of methoxy groups -OCH3 is 1. The first kappa shape index (κ1) is 20.1. The van der Waals surface area contributed by atoms with Crippen molar-refractivity contribution in [2.24, 2.45) is 5.92 Å². The summed E-state index contributed by atoms with van der Waals surface area (Å²) < 4.78 is 11.2. The topological polar surface area (TPSA) is 118 Å². The number of morpholine rings is 1. The van der Waals surface area contributed by atoms with E-state index in [2.05, 4.69) is 35.4 Å². The summed E-state index contributed by atoms with van der Waals surface area (Å²) in [6, 6.07) is 2.21. The Morgan fingerprint density at radius 3 is 3.15 bits per heavy atom. The number of H-pyrrole nitrogens is 1. The Bertz CT molecular complexity index is 1430. The minimum absolute atomic E-state index is 0.0251. The van der Waals surface area contributed by atoms with Crippen LogP contribution in [0.15, 0.2) is 18.6 Å². The Balaban J connectivity index is 1.20. The molecule has 174 valence electrons. The Kier molecular flexibility index (Phi) is 4.49. The van der Waals surface area contributed by atoms with Gasteiger partial charge in [-0.1, -0.05) is 0 Å². The van der Waals surface area contributed by atoms with Crippen molar-refractivity contribution < 1.29 is 14.3 Å². The van der Waals surface area contributed by atoms with Crippen molar-refractivity contribution in [3.8, 4) is 5.88 Å². The summed E-state index contributed by atoms with van der Waals surface area (Å²) in [7, 11) is 1.59. The number of hydrogen-bond acceptors (Lipinski definition) is 9. The Labute approximate surface area is 198 Å². The van der Waals surface area contributed by atoms with Gasteiger partial charge in [-0.15, -0.1) is 11.3 Å². The highest BCUT2D eigenvalue weighted by atomic mass is 32.1. The number of pyridine rings is 1. The fourth-order valence-electron chi connectivity index (χ4n) is 5.56. The van der Waals surface area contributed by atoms with E-state index in [1.807, 2.05) is 6.07 Å². The maximum Gasteiger partial charge on any atom is 0.239 e. The van der Waals surface area contributed by atoms with Gasteiger partial charge in [-0.2, -0.15) is 10.1 Å². The maximum absolute atomic E-state index is 13.3. The van der Waals surface area contributed by atoms with Crippen LogP contribution in [0.5, 0.6) is 5.88 Å². The predicted octanol–water partition coefficient (Wildman–Crippen LogP) is 2.82. The molecule has 6 heterocycles. The summed E-state index contributed by atoms with van der Waals surface area (Å²) in [5, 5.41) is 12.2. The molecule has 2 fully saturated rings. The number of thiophene rings is 1. The van der Waals surface area contributed by atoms with Crippen molar-refractivity contribution in [1.82, 2.24) is 30.0 Å². The number of rotatable bonds is 4. The standard InChI is InChI=1S/C23H23N7O3S/c1-32-21-16(4-12-7-26-29-19(12)28-21)27-20-18-15-3-2-11(5-17(15)34-22(18)25-10-24-20)23(31)30-8-14-6-13(30)9-33-14/h4,7,10-11,13-14H,2-3,5-6,8-9H2,1H3,(H,24,25,27)(H,26,28,29)/t11-,13-,14-/m0/s1. The van der Waals surface area contributed by atoms with Crippen LogP contribution in [0.25, 0.3) is 21.3 Å². The zero-order valence-electron chi connectivity index (χ0n) is 18.6. The van der Waals surface area contributed by atoms with E-state index in [4.69, 9.17) is 9.47 Å². The number of nitrogens with zero attached hydrogens (tertiary/aromatic N) is 5. The molecule has 0 aromatic carbocycles. The van der Waals surface area contributed by atoms with Crippen LogP contribution in [-0.2, 0) is 22.4 Å². The number of carbonyl (C=O) groups excluding carboxylic acids is 1. The highest BCUT2D eigenvalue weighted by Gasteiger charge is 2.43. The van der Waals surface area contributed by atoms with Gasteiger partial charge in [-0.25, -0.2) is 9.97 Å². The summed E-state index contributed by atoms with van der Waals surface area (Å²) in [5.41, 5.74) is 2.62. The minimum atomic E-state index is 0.0251. The van der Waals surface area contributed by atoms with E-state index < -0.39 is 0 Å². The van der Waals surface area contributed by atoms with Gasteiger partial charge in [0, 0.05) is 22.7 Å². The number of anilines is 2. The second kappa shape index (κ2) is 7.60. The molecule has 1 aliphatic carbocycles. The highest BCUT2D eigenvalue weighted by Crippen LogP contribution is 2.42. The van der Waals surface area contributed by atoms with E-state index in [1.165, 1.54) is 10.4 Å². The van der Waals surface area contributed by atoms with Crippen LogP contribution < -0.4 is 10.1 Å². The third-order valence-electron chi connectivity index (χ3n) is 7.22. The smallest absolute Gasteiger partial charge is 0.239 e. The van der Waals surface area contributed by atoms with Gasteiger partial charge in [0.2, 0.25) is 11.8 Å². The van der Waals surface area contributed by atoms with Crippen molar-refractivity contribution in [2.45, 2.75) is 37.8 Å². The van der Waals surface area contributed by atoms with Crippen molar-refractivity contribution in [2.75, 3.05) is 25.6 Å². The molecule has 0 saturated carbocycles. The van der Waals surface area contributed by atoms with Gasteiger partial charge < -0.3 is 19.7 Å². The van der Waals surface area contributed by atoms with Crippen LogP contribution in [0.3, 0.4) is 0 Å². The summed E-state index contributed by atoms with van der Waals surface area (Å²) in [5.74, 6) is 1.50. The maximum atomic E-state index is 13.3. The minimum Gasteiger partial charge on any atom is -0.479 e. The fraction of sp³-hybridized carbons (Fsp3) is 0.435. The largest absolute Gasteiger partial charge is 0.479 e. The lowest BCUT2D eigenvalue weighted by atomic mass is 9.86. The van der Waals surface area contributed by atoms with Gasteiger partial charge in [0.25, 0.3) is 0 Å². The molecule has 4 aromatic heterocycles. The van der Waals surface area contributed by atoms with Crippen LogP contribution >= 0.6 is 11.3 Å². The molecule has 10 nitrogen and oxygen atoms in total. The SMILES string of the molecule is COc1nc2[nH]ncc2cc1Nc1ncnc2sc3c(c12)CC[C@H](C(=O)N1C[C@@H]2C[C@H]1CO2)C3. The Hall–Kier alpha value is -3.31. The number of nitrogens with one attached hydrogen (secondary N) is 2. The fourth-order valence-corrected chi connectivity index (χ4v) is 6.82. The molecular formula is C23H23N7O3S. The molecule has 2 aliphatic heterocycles. The average molecular weight is 478 g/mol. The number of likely N-dealkylation sites (tertiary alicyclic amines) is 1. The molecule has 7 rings (SSSR count). The summed E-state index contributed by atoms with van der Waals surface area (Å²) in [6.07, 6.45) is 6.95. The van der Waals surface area contributed by atoms with Gasteiger partial charge in [-0.05, 0) is 37.3 Å². The predicted molar refractivity (Wildman–Crippen MR) is 127 cm³/mol. The number of fused-ring (bicyclic) bond motifs is 6. The molecule has 3 aliphatic rings. The molecule has 0 spiro atoms. The Morgan fingerprint density at radius 1 is 1.38 bits per heavy atom. The molecular weight excluding hydrogens is 454 g/mol. The first-order chi connectivity index (χ1) is 16.7. The second-order valence-electron chi connectivity index (χ2n) is 9.16. The average Bonchev–Trinajstić information content (AvgIpc) is 3.65. The normalized spacial score (nSPS) is 23.6. The number of carbonyl (C=O) groups is 1. The zero-order valence-corrected chi connectivity index (χ0v) is 19.4. The van der Waals surface area contributed by atoms with Crippen LogP contribution in [0.2, 0.25) is 0 Å². The number of amides is 1. The van der Waals surface area contributed by atoms with Crippen molar-refractivity contribution in [3.05, 3.63) is 29.0 Å². The summed E-state index contributed by atoms with van der Waals surface area (Å²) in [6.45, 7) is 1.43. The molecule has 3 atom stereocenters. The van der Waals surface area contributed by atoms with E-state index in [1.54, 1.807) is 31.0 Å². The first-order valence-electron chi connectivity index (χ1n) is 11.5. The quantitative estimate of drug-likeness (QED) is 0.461. The van der Waals surface area contributed by atoms with Crippen molar-refractivity contribution in [1.29, 1.82) is 0 Å². The van der Waals surface area contributed by atoms with Gasteiger partial charge in [0.15, 0.2) is 5.65 Å². The van der Waals surface area contributed by atoms with Crippen molar-refractivity contribution >= 4 is 50.0 Å². The molecule has 2 saturated heterocycles. The summed E-state index contributed by atoms with van der Waals surface area (Å²) in [4.78, 5) is 31.1. The van der Waals surface area contributed by atoms with Crippen molar-refractivity contribution in [3.63, 3.8) is 0 Å². The van der Waals surface area contributed by atoms with Gasteiger partial charge >= 0.3 is 0 Å². The van der Waals surface area contributed by atoms with E-state index in [-0.39, 0.29) is 24.0 Å². The molecule has 2 bridgehead atoms. The molecule has 0 unspecified atom stereocenters. The first-order valence-corrected chi connectivity index (χ1v) is 12.3. The monoisotopic (exact) mass is 477 g/mol. The number of ether oxygens (including phenoxy) is 2. The number of aryl methyl sites for hydroxylation is 1. The molecule has 4 aromatic rings. The van der Waals surface area contributed by atoms with E-state index >= 15 is 0 Å². The van der Waals surface area contributed by atoms with Gasteiger partial charge in [0.1, 0.15) is 22.7 Å². The lowest BCUT2D eigenvalue weighted by Gasteiger charge is -2.32. The third-order valence-corrected chi connectivity index (χ3v) is 8.38. The van der Waals surface area contributed by atoms with Crippen LogP contribution in [0.4, 0.5) is 11.5 Å². The lowest BCUT2D eigenvalue weighted by molar-refractivity contribution is -0.140.